The highest BCUT2D eigenvalue weighted by atomic mass is 16.5. The molecule has 2 rings (SSSR count). The van der Waals surface area contributed by atoms with Crippen molar-refractivity contribution in [3.8, 4) is 11.5 Å². The molecule has 0 radical (unpaired) electrons. The van der Waals surface area contributed by atoms with E-state index in [1.165, 1.54) is 0 Å². The van der Waals surface area contributed by atoms with E-state index in [2.05, 4.69) is 5.32 Å². The van der Waals surface area contributed by atoms with Crippen molar-refractivity contribution in [1.29, 1.82) is 0 Å². The van der Waals surface area contributed by atoms with E-state index in [1.54, 1.807) is 7.11 Å². The Labute approximate surface area is 114 Å². The van der Waals surface area contributed by atoms with E-state index in [9.17, 15) is 0 Å². The normalized spacial score (nSPS) is 19.6. The van der Waals surface area contributed by atoms with Crippen molar-refractivity contribution in [3.05, 3.63) is 29.8 Å². The molecular weight excluding hydrogens is 240 g/mol. The first kappa shape index (κ1) is 13.9. The fraction of sp³-hybridized carbons (Fsp3) is 0.467. The number of methoxy groups -OCH3 is 1. The molecule has 0 aliphatic carbocycles. The van der Waals surface area contributed by atoms with Gasteiger partial charge in [0.15, 0.2) is 11.5 Å². The van der Waals surface area contributed by atoms with Crippen LogP contribution in [-0.4, -0.2) is 32.8 Å². The first-order valence-electron chi connectivity index (χ1n) is 6.76. The summed E-state index contributed by atoms with van der Waals surface area (Å²) in [5, 5.41) is 3.35. The molecule has 19 heavy (non-hydrogen) atoms. The predicted molar refractivity (Wildman–Crippen MR) is 77.6 cm³/mol. The van der Waals surface area contributed by atoms with Crippen LogP contribution in [0, 0.1) is 0 Å². The molecule has 1 saturated heterocycles. The highest BCUT2D eigenvalue weighted by molar-refractivity contribution is 5.62. The first-order chi connectivity index (χ1) is 9.35. The Kier molecular flexibility index (Phi) is 5.24. The van der Waals surface area contributed by atoms with Crippen LogP contribution in [0.1, 0.15) is 18.4 Å². The number of hydrogen-bond acceptors (Lipinski definition) is 4. The summed E-state index contributed by atoms with van der Waals surface area (Å²) in [6.07, 6.45) is 6.32. The lowest BCUT2D eigenvalue weighted by molar-refractivity contribution is 0.161. The van der Waals surface area contributed by atoms with E-state index in [-0.39, 0.29) is 6.10 Å². The van der Waals surface area contributed by atoms with Crippen LogP contribution in [0.2, 0.25) is 0 Å². The summed E-state index contributed by atoms with van der Waals surface area (Å²) in [4.78, 5) is 0. The van der Waals surface area contributed by atoms with E-state index < -0.39 is 0 Å². The van der Waals surface area contributed by atoms with Gasteiger partial charge in [-0.25, -0.2) is 0 Å². The Bertz CT molecular complexity index is 426. The number of benzene rings is 1. The van der Waals surface area contributed by atoms with Crippen molar-refractivity contribution >= 4 is 6.08 Å². The van der Waals surface area contributed by atoms with Gasteiger partial charge in [-0.05, 0) is 25.5 Å². The van der Waals surface area contributed by atoms with Crippen LogP contribution in [0.15, 0.2) is 24.3 Å². The summed E-state index contributed by atoms with van der Waals surface area (Å²) < 4.78 is 11.5. The molecule has 3 N–H and O–H groups in total. The van der Waals surface area contributed by atoms with Crippen molar-refractivity contribution in [2.45, 2.75) is 18.9 Å². The molecule has 4 nitrogen and oxygen atoms in total. The molecule has 4 heteroatoms. The van der Waals surface area contributed by atoms with Crippen molar-refractivity contribution in [2.24, 2.45) is 5.73 Å². The van der Waals surface area contributed by atoms with Crippen LogP contribution in [0.3, 0.4) is 0 Å². The fourth-order valence-corrected chi connectivity index (χ4v) is 2.27. The number of para-hydroxylation sites is 1. The van der Waals surface area contributed by atoms with E-state index in [0.717, 1.165) is 43.0 Å². The zero-order chi connectivity index (χ0) is 13.5. The molecule has 1 unspecified atom stereocenters. The van der Waals surface area contributed by atoms with Crippen LogP contribution >= 0.6 is 0 Å². The number of ether oxygens (including phenoxy) is 2. The molecule has 1 fully saturated rings. The Hall–Kier alpha value is -1.52. The smallest absolute Gasteiger partial charge is 0.167 e. The predicted octanol–water partition coefficient (Wildman–Crippen LogP) is 1.80. The van der Waals surface area contributed by atoms with E-state index in [1.807, 2.05) is 30.4 Å². The third kappa shape index (κ3) is 3.72. The second-order valence-corrected chi connectivity index (χ2v) is 4.60. The summed E-state index contributed by atoms with van der Waals surface area (Å²) in [5.74, 6) is 1.58. The SMILES string of the molecule is COc1c(/C=C/CN)cccc1OC1CCCNC1. The average Bonchev–Trinajstić information content (AvgIpc) is 2.46. The first-order valence-corrected chi connectivity index (χ1v) is 6.76. The third-order valence-electron chi connectivity index (χ3n) is 3.19. The van der Waals surface area contributed by atoms with Gasteiger partial charge in [-0.2, -0.15) is 0 Å². The van der Waals surface area contributed by atoms with E-state index >= 15 is 0 Å². The fourth-order valence-electron chi connectivity index (χ4n) is 2.27. The highest BCUT2D eigenvalue weighted by Crippen LogP contribution is 2.33. The minimum absolute atomic E-state index is 0.219. The zero-order valence-corrected chi connectivity index (χ0v) is 11.4. The molecule has 0 amide bonds. The van der Waals surface area contributed by atoms with Crippen molar-refractivity contribution in [2.75, 3.05) is 26.7 Å². The van der Waals surface area contributed by atoms with Crippen molar-refractivity contribution in [1.82, 2.24) is 5.32 Å². The topological polar surface area (TPSA) is 56.5 Å². The number of rotatable bonds is 5. The summed E-state index contributed by atoms with van der Waals surface area (Å²) in [5.41, 5.74) is 6.48. The maximum absolute atomic E-state index is 6.05. The van der Waals surface area contributed by atoms with E-state index in [0.29, 0.717) is 6.54 Å². The van der Waals surface area contributed by atoms with Crippen molar-refractivity contribution < 1.29 is 9.47 Å². The van der Waals surface area contributed by atoms with Crippen LogP contribution in [-0.2, 0) is 0 Å². The number of nitrogens with one attached hydrogen (secondary N) is 1. The van der Waals surface area contributed by atoms with Crippen LogP contribution in [0.5, 0.6) is 11.5 Å². The lowest BCUT2D eigenvalue weighted by Crippen LogP contribution is -2.37. The second-order valence-electron chi connectivity index (χ2n) is 4.60. The lowest BCUT2D eigenvalue weighted by atomic mass is 10.1. The van der Waals surface area contributed by atoms with Gasteiger partial charge in [0.2, 0.25) is 0 Å². The molecule has 104 valence electrons. The van der Waals surface area contributed by atoms with Crippen molar-refractivity contribution in [3.63, 3.8) is 0 Å². The van der Waals surface area contributed by atoms with Gasteiger partial charge in [0.1, 0.15) is 6.10 Å². The molecule has 1 aromatic rings. The van der Waals surface area contributed by atoms with E-state index in [4.69, 9.17) is 15.2 Å². The third-order valence-corrected chi connectivity index (χ3v) is 3.19. The molecule has 1 heterocycles. The minimum Gasteiger partial charge on any atom is -0.492 e. The average molecular weight is 262 g/mol. The molecule has 0 bridgehead atoms. The molecule has 0 saturated carbocycles. The molecule has 1 aromatic carbocycles. The van der Waals surface area contributed by atoms with Gasteiger partial charge in [0.05, 0.1) is 7.11 Å². The summed E-state index contributed by atoms with van der Waals surface area (Å²) in [7, 11) is 1.67. The van der Waals surface area contributed by atoms with Crippen LogP contribution in [0.25, 0.3) is 6.08 Å². The van der Waals surface area contributed by atoms with Gasteiger partial charge in [-0.15, -0.1) is 0 Å². The highest BCUT2D eigenvalue weighted by Gasteiger charge is 2.17. The van der Waals surface area contributed by atoms with Gasteiger partial charge in [-0.3, -0.25) is 0 Å². The van der Waals surface area contributed by atoms with Gasteiger partial charge < -0.3 is 20.5 Å². The molecule has 0 aromatic heterocycles. The summed E-state index contributed by atoms with van der Waals surface area (Å²) in [6.45, 7) is 2.49. The Morgan fingerprint density at radius 1 is 1.47 bits per heavy atom. The molecule has 1 aliphatic rings. The molecule has 0 spiro atoms. The number of hydrogen-bond donors (Lipinski definition) is 2. The molecule has 1 atom stereocenters. The number of nitrogens with two attached hydrogens (primary N) is 1. The monoisotopic (exact) mass is 262 g/mol. The van der Waals surface area contributed by atoms with Gasteiger partial charge >= 0.3 is 0 Å². The minimum atomic E-state index is 0.219. The van der Waals surface area contributed by atoms with Crippen LogP contribution < -0.4 is 20.5 Å². The summed E-state index contributed by atoms with van der Waals surface area (Å²) in [6, 6.07) is 5.93. The molecular formula is C15H22N2O2. The Morgan fingerprint density at radius 3 is 3.05 bits per heavy atom. The molecule has 1 aliphatic heterocycles. The maximum Gasteiger partial charge on any atom is 0.167 e. The Balaban J connectivity index is 2.16. The standard InChI is InChI=1S/C15H22N2O2/c1-18-15-12(6-3-9-16)5-2-8-14(15)19-13-7-4-10-17-11-13/h2-3,5-6,8,13,17H,4,7,9-11,16H2,1H3/b6-3+. The lowest BCUT2D eigenvalue weighted by Gasteiger charge is -2.25. The van der Waals surface area contributed by atoms with Gasteiger partial charge in [0, 0.05) is 18.7 Å². The second kappa shape index (κ2) is 7.16. The number of piperidine rings is 1. The zero-order valence-electron chi connectivity index (χ0n) is 11.4. The quantitative estimate of drug-likeness (QED) is 0.849. The maximum atomic E-state index is 6.05. The van der Waals surface area contributed by atoms with Gasteiger partial charge in [0.25, 0.3) is 0 Å². The Morgan fingerprint density at radius 2 is 2.37 bits per heavy atom. The van der Waals surface area contributed by atoms with Gasteiger partial charge in [-0.1, -0.05) is 24.3 Å². The van der Waals surface area contributed by atoms with Crippen LogP contribution in [0.4, 0.5) is 0 Å². The largest absolute Gasteiger partial charge is 0.492 e. The summed E-state index contributed by atoms with van der Waals surface area (Å²) >= 11 is 0.